The lowest BCUT2D eigenvalue weighted by atomic mass is 10.2. The molecule has 2 heteroatoms. The molecular formula is C24H23NSi. The molecule has 0 atom stereocenters. The third kappa shape index (κ3) is 3.85. The van der Waals surface area contributed by atoms with Gasteiger partial charge in [-0.1, -0.05) is 103 Å². The van der Waals surface area contributed by atoms with E-state index in [1.165, 1.54) is 15.6 Å². The van der Waals surface area contributed by atoms with Crippen LogP contribution in [0.1, 0.15) is 19.3 Å². The summed E-state index contributed by atoms with van der Waals surface area (Å²) in [6.45, 7) is 0. The highest BCUT2D eigenvalue weighted by Crippen LogP contribution is 2.11. The van der Waals surface area contributed by atoms with Crippen LogP contribution < -0.4 is 15.6 Å². The van der Waals surface area contributed by atoms with Gasteiger partial charge in [-0.25, -0.2) is 0 Å². The Labute approximate surface area is 157 Å². The monoisotopic (exact) mass is 353 g/mol. The van der Waals surface area contributed by atoms with Gasteiger partial charge in [0.15, 0.2) is 8.07 Å². The molecule has 0 N–H and O–H groups in total. The Morgan fingerprint density at radius 3 is 1.50 bits per heavy atom. The quantitative estimate of drug-likeness (QED) is 0.358. The van der Waals surface area contributed by atoms with Crippen LogP contribution in [-0.2, 0) is 0 Å². The lowest BCUT2D eigenvalue weighted by Gasteiger charge is -2.30. The molecule has 0 radical (unpaired) electrons. The molecule has 1 nitrogen and oxygen atoms in total. The molecule has 0 aliphatic carbocycles. The predicted molar refractivity (Wildman–Crippen MR) is 113 cm³/mol. The van der Waals surface area contributed by atoms with Gasteiger partial charge in [0.1, 0.15) is 0 Å². The molecule has 0 aliphatic heterocycles. The molecule has 0 fully saturated rings. The standard InChI is InChI=1S/C24H23NSi/c25-20-12-1-2-13-21-26(22-14-6-3-7-15-22,23-16-8-4-9-17-23)24-18-10-5-11-19-24/h3-11,13-19,21H,1-2,12H2/b21-13+. The molecule has 0 bridgehead atoms. The second kappa shape index (κ2) is 8.99. The van der Waals surface area contributed by atoms with Crippen molar-refractivity contribution in [2.45, 2.75) is 19.3 Å². The summed E-state index contributed by atoms with van der Waals surface area (Å²) in [5, 5.41) is 12.9. The van der Waals surface area contributed by atoms with Crippen molar-refractivity contribution in [1.29, 1.82) is 5.26 Å². The molecule has 3 aromatic rings. The van der Waals surface area contributed by atoms with E-state index in [2.05, 4.69) is 109 Å². The van der Waals surface area contributed by atoms with Crippen LogP contribution in [0, 0.1) is 11.3 Å². The van der Waals surface area contributed by atoms with E-state index in [4.69, 9.17) is 5.26 Å². The third-order valence-corrected chi connectivity index (χ3v) is 9.18. The van der Waals surface area contributed by atoms with Gasteiger partial charge in [0.25, 0.3) is 0 Å². The van der Waals surface area contributed by atoms with Crippen molar-refractivity contribution in [3.05, 3.63) is 103 Å². The van der Waals surface area contributed by atoms with Gasteiger partial charge in [-0.3, -0.25) is 0 Å². The topological polar surface area (TPSA) is 23.8 Å². The first kappa shape index (κ1) is 17.9. The van der Waals surface area contributed by atoms with Crippen LogP contribution in [0.15, 0.2) is 103 Å². The minimum Gasteiger partial charge on any atom is -0.198 e. The summed E-state index contributed by atoms with van der Waals surface area (Å²) in [5.74, 6) is 0. The Morgan fingerprint density at radius 2 is 1.12 bits per heavy atom. The van der Waals surface area contributed by atoms with Gasteiger partial charge in [0, 0.05) is 6.42 Å². The molecule has 0 heterocycles. The van der Waals surface area contributed by atoms with Crippen molar-refractivity contribution in [3.63, 3.8) is 0 Å². The van der Waals surface area contributed by atoms with E-state index in [0.29, 0.717) is 6.42 Å². The minimum atomic E-state index is -2.25. The van der Waals surface area contributed by atoms with Gasteiger partial charge in [-0.15, -0.1) is 0 Å². The largest absolute Gasteiger partial charge is 0.198 e. The van der Waals surface area contributed by atoms with Crippen molar-refractivity contribution in [2.24, 2.45) is 0 Å². The van der Waals surface area contributed by atoms with Crippen molar-refractivity contribution in [2.75, 3.05) is 0 Å². The molecule has 0 aromatic heterocycles. The Morgan fingerprint density at radius 1 is 0.692 bits per heavy atom. The molecule has 0 amide bonds. The summed E-state index contributed by atoms with van der Waals surface area (Å²) < 4.78 is 0. The molecule has 26 heavy (non-hydrogen) atoms. The SMILES string of the molecule is N#CCCC/C=C/[Si](c1ccccc1)(c1ccccc1)c1ccccc1. The molecule has 0 saturated carbocycles. The zero-order valence-corrected chi connectivity index (χ0v) is 15.9. The van der Waals surface area contributed by atoms with Crippen molar-refractivity contribution in [3.8, 4) is 6.07 Å². The number of benzene rings is 3. The van der Waals surface area contributed by atoms with Crippen LogP contribution in [0.25, 0.3) is 0 Å². The molecule has 0 unspecified atom stereocenters. The van der Waals surface area contributed by atoms with E-state index >= 15 is 0 Å². The zero-order valence-electron chi connectivity index (χ0n) is 14.9. The van der Waals surface area contributed by atoms with Crippen molar-refractivity contribution >= 4 is 23.6 Å². The number of hydrogen-bond donors (Lipinski definition) is 0. The first-order valence-corrected chi connectivity index (χ1v) is 11.2. The van der Waals surface area contributed by atoms with Crippen LogP contribution in [0.4, 0.5) is 0 Å². The van der Waals surface area contributed by atoms with Gasteiger partial charge in [-0.05, 0) is 28.4 Å². The van der Waals surface area contributed by atoms with E-state index in [-0.39, 0.29) is 0 Å². The maximum Gasteiger partial charge on any atom is 0.172 e. The van der Waals surface area contributed by atoms with Crippen LogP contribution in [0.5, 0.6) is 0 Å². The predicted octanol–water partition coefficient (Wildman–Crippen LogP) is 3.95. The molecule has 0 saturated heterocycles. The van der Waals surface area contributed by atoms with Gasteiger partial charge in [-0.2, -0.15) is 5.26 Å². The minimum absolute atomic E-state index is 0.612. The number of nitriles is 1. The summed E-state index contributed by atoms with van der Waals surface area (Å²) in [6.07, 6.45) is 4.75. The van der Waals surface area contributed by atoms with Crippen LogP contribution in [0.3, 0.4) is 0 Å². The highest BCUT2D eigenvalue weighted by Gasteiger charge is 2.36. The molecule has 128 valence electrons. The van der Waals surface area contributed by atoms with Gasteiger partial charge in [0.2, 0.25) is 0 Å². The first-order valence-electron chi connectivity index (χ1n) is 9.09. The number of unbranched alkanes of at least 4 members (excludes halogenated alkanes) is 2. The molecule has 3 rings (SSSR count). The highest BCUT2D eigenvalue weighted by molar-refractivity contribution is 7.14. The van der Waals surface area contributed by atoms with Gasteiger partial charge in [0.05, 0.1) is 6.07 Å². The Balaban J connectivity index is 2.17. The third-order valence-electron chi connectivity index (χ3n) is 4.71. The fraction of sp³-hybridized carbons (Fsp3) is 0.125. The van der Waals surface area contributed by atoms with Crippen LogP contribution in [0.2, 0.25) is 0 Å². The zero-order chi connectivity index (χ0) is 18.1. The fourth-order valence-electron chi connectivity index (χ4n) is 3.45. The van der Waals surface area contributed by atoms with Crippen LogP contribution in [-0.4, -0.2) is 8.07 Å². The smallest absolute Gasteiger partial charge is 0.172 e. The molecule has 0 spiro atoms. The second-order valence-electron chi connectivity index (χ2n) is 6.36. The van der Waals surface area contributed by atoms with Crippen molar-refractivity contribution in [1.82, 2.24) is 0 Å². The van der Waals surface area contributed by atoms with E-state index < -0.39 is 8.07 Å². The van der Waals surface area contributed by atoms with Gasteiger partial charge < -0.3 is 0 Å². The Bertz CT molecular complexity index is 768. The number of allylic oxidation sites excluding steroid dienone is 1. The summed E-state index contributed by atoms with van der Waals surface area (Å²) in [5.41, 5.74) is 2.45. The first-order chi connectivity index (χ1) is 12.9. The van der Waals surface area contributed by atoms with Crippen LogP contribution >= 0.6 is 0 Å². The Hall–Kier alpha value is -2.89. The number of hydrogen-bond acceptors (Lipinski definition) is 1. The lowest BCUT2D eigenvalue weighted by molar-refractivity contribution is 0.877. The average molecular weight is 354 g/mol. The van der Waals surface area contributed by atoms with E-state index in [1.54, 1.807) is 0 Å². The average Bonchev–Trinajstić information content (AvgIpc) is 2.73. The normalized spacial score (nSPS) is 11.3. The maximum absolute atomic E-state index is 8.79. The lowest BCUT2D eigenvalue weighted by Crippen LogP contribution is -2.66. The maximum atomic E-state index is 8.79. The summed E-state index contributed by atoms with van der Waals surface area (Å²) in [6, 6.07) is 34.8. The van der Waals surface area contributed by atoms with E-state index in [1.807, 2.05) is 0 Å². The molecule has 0 aliphatic rings. The summed E-state index contributed by atoms with van der Waals surface area (Å²) in [4.78, 5) is 0. The number of nitrogens with zero attached hydrogens (tertiary/aromatic N) is 1. The van der Waals surface area contributed by atoms with Gasteiger partial charge >= 0.3 is 0 Å². The molecule has 3 aromatic carbocycles. The highest BCUT2D eigenvalue weighted by atomic mass is 28.3. The number of rotatable bonds is 7. The summed E-state index contributed by atoms with van der Waals surface area (Å²) in [7, 11) is -2.25. The Kier molecular flexibility index (Phi) is 6.19. The fourth-order valence-corrected chi connectivity index (χ4v) is 7.70. The van der Waals surface area contributed by atoms with E-state index in [0.717, 1.165) is 12.8 Å². The van der Waals surface area contributed by atoms with Crippen molar-refractivity contribution < 1.29 is 0 Å². The summed E-state index contributed by atoms with van der Waals surface area (Å²) >= 11 is 0. The second-order valence-corrected chi connectivity index (χ2v) is 10.0. The van der Waals surface area contributed by atoms with E-state index in [9.17, 15) is 0 Å². The molecular weight excluding hydrogens is 330 g/mol.